The van der Waals surface area contributed by atoms with Crippen molar-refractivity contribution in [3.63, 3.8) is 0 Å². The molecule has 0 bridgehead atoms. The van der Waals surface area contributed by atoms with Gasteiger partial charge in [-0.25, -0.2) is 0 Å². The molecule has 1 aliphatic carbocycles. The molecule has 2 N–H and O–H groups in total. The first kappa shape index (κ1) is 13.7. The number of carbonyl (C=O) groups is 1. The minimum Gasteiger partial charge on any atom is -0.378 e. The van der Waals surface area contributed by atoms with Gasteiger partial charge in [0.25, 0.3) is 0 Å². The zero-order chi connectivity index (χ0) is 10.7. The van der Waals surface area contributed by atoms with Gasteiger partial charge < -0.3 is 15.4 Å². The maximum absolute atomic E-state index is 11.8. The number of morpholine rings is 1. The van der Waals surface area contributed by atoms with Crippen molar-refractivity contribution in [2.45, 2.75) is 38.3 Å². The average Bonchev–Trinajstić information content (AvgIpc) is 3.03. The van der Waals surface area contributed by atoms with Crippen LogP contribution in [0.25, 0.3) is 0 Å². The number of amides is 1. The molecule has 0 radical (unpaired) electrons. The number of hydrogen-bond acceptors (Lipinski definition) is 3. The summed E-state index contributed by atoms with van der Waals surface area (Å²) in [6, 6.07) is 0.147. The molecule has 0 spiro atoms. The van der Waals surface area contributed by atoms with E-state index in [1.54, 1.807) is 0 Å². The third-order valence-electron chi connectivity index (χ3n) is 3.01. The molecular weight excluding hydrogens is 228 g/mol. The van der Waals surface area contributed by atoms with Gasteiger partial charge >= 0.3 is 0 Å². The minimum atomic E-state index is -0.152. The molecule has 94 valence electrons. The summed E-state index contributed by atoms with van der Waals surface area (Å²) in [5, 5.41) is 6.20. The van der Waals surface area contributed by atoms with Crippen molar-refractivity contribution < 1.29 is 9.53 Å². The normalized spacial score (nSPS) is 26.7. The van der Waals surface area contributed by atoms with Crippen LogP contribution in [0.1, 0.15) is 26.2 Å². The summed E-state index contributed by atoms with van der Waals surface area (Å²) in [5.41, 5.74) is 0. The molecule has 2 atom stereocenters. The topological polar surface area (TPSA) is 50.4 Å². The molecule has 1 heterocycles. The third-order valence-corrected chi connectivity index (χ3v) is 3.01. The molecule has 0 aromatic heterocycles. The van der Waals surface area contributed by atoms with Gasteiger partial charge in [-0.05, 0) is 19.3 Å². The van der Waals surface area contributed by atoms with Gasteiger partial charge in [-0.3, -0.25) is 4.79 Å². The monoisotopic (exact) mass is 248 g/mol. The summed E-state index contributed by atoms with van der Waals surface area (Å²) < 4.78 is 5.25. The van der Waals surface area contributed by atoms with Gasteiger partial charge in [0.05, 0.1) is 13.2 Å². The lowest BCUT2D eigenvalue weighted by atomic mass is 10.1. The summed E-state index contributed by atoms with van der Waals surface area (Å²) >= 11 is 0. The van der Waals surface area contributed by atoms with Crippen molar-refractivity contribution in [2.75, 3.05) is 19.8 Å². The van der Waals surface area contributed by atoms with Gasteiger partial charge in [0.1, 0.15) is 6.04 Å². The first-order valence-corrected chi connectivity index (χ1v) is 5.87. The van der Waals surface area contributed by atoms with Crippen LogP contribution in [0.2, 0.25) is 0 Å². The molecule has 0 aromatic rings. The smallest absolute Gasteiger partial charge is 0.239 e. The standard InChI is InChI=1S/C11H20N2O2.ClH/c1-8(6-9-2-3-9)13-11(14)10-7-15-5-4-12-10;/h8-10,12H,2-7H2,1H3,(H,13,14);1H. The molecule has 2 aliphatic rings. The van der Waals surface area contributed by atoms with Crippen molar-refractivity contribution >= 4 is 18.3 Å². The number of rotatable bonds is 4. The van der Waals surface area contributed by atoms with E-state index in [0.29, 0.717) is 19.3 Å². The average molecular weight is 249 g/mol. The van der Waals surface area contributed by atoms with Crippen molar-refractivity contribution in [1.29, 1.82) is 0 Å². The highest BCUT2D eigenvalue weighted by Crippen LogP contribution is 2.33. The number of carbonyl (C=O) groups excluding carboxylic acids is 1. The molecule has 2 unspecified atom stereocenters. The predicted octanol–water partition coefficient (Wildman–Crippen LogP) is 0.701. The highest BCUT2D eigenvalue weighted by Gasteiger charge is 2.26. The molecule has 1 amide bonds. The Morgan fingerprint density at radius 3 is 2.88 bits per heavy atom. The first-order chi connectivity index (χ1) is 7.25. The molecule has 16 heavy (non-hydrogen) atoms. The van der Waals surface area contributed by atoms with E-state index < -0.39 is 0 Å². The second kappa shape index (κ2) is 6.42. The Kier molecular flexibility index (Phi) is 5.52. The Hall–Kier alpha value is -0.320. The van der Waals surface area contributed by atoms with Crippen molar-refractivity contribution in [1.82, 2.24) is 10.6 Å². The van der Waals surface area contributed by atoms with E-state index in [4.69, 9.17) is 4.74 Å². The molecule has 2 fully saturated rings. The third kappa shape index (κ3) is 4.28. The Bertz CT molecular complexity index is 228. The SMILES string of the molecule is CC(CC1CC1)NC(=O)C1COCCN1.Cl. The highest BCUT2D eigenvalue weighted by molar-refractivity contribution is 5.85. The molecule has 0 aromatic carbocycles. The molecular formula is C11H21ClN2O2. The van der Waals surface area contributed by atoms with E-state index in [0.717, 1.165) is 18.9 Å². The van der Waals surface area contributed by atoms with Crippen LogP contribution in [0.3, 0.4) is 0 Å². The minimum absolute atomic E-state index is 0. The molecule has 1 saturated carbocycles. The van der Waals surface area contributed by atoms with Crippen molar-refractivity contribution in [3.8, 4) is 0 Å². The van der Waals surface area contributed by atoms with Crippen LogP contribution in [-0.4, -0.2) is 37.7 Å². The fraction of sp³-hybridized carbons (Fsp3) is 0.909. The molecule has 2 rings (SSSR count). The summed E-state index contributed by atoms with van der Waals surface area (Å²) in [7, 11) is 0. The fourth-order valence-electron chi connectivity index (χ4n) is 1.99. The van der Waals surface area contributed by atoms with Gasteiger partial charge in [0.15, 0.2) is 0 Å². The van der Waals surface area contributed by atoms with Crippen LogP contribution in [0.15, 0.2) is 0 Å². The van der Waals surface area contributed by atoms with Crippen molar-refractivity contribution in [2.24, 2.45) is 5.92 Å². The number of ether oxygens (including phenoxy) is 1. The fourth-order valence-corrected chi connectivity index (χ4v) is 1.99. The molecule has 1 saturated heterocycles. The van der Waals surface area contributed by atoms with Gasteiger partial charge in [-0.15, -0.1) is 12.4 Å². The van der Waals surface area contributed by atoms with Crippen LogP contribution in [0.5, 0.6) is 0 Å². The first-order valence-electron chi connectivity index (χ1n) is 5.87. The second-order valence-electron chi connectivity index (χ2n) is 4.67. The number of nitrogens with one attached hydrogen (secondary N) is 2. The van der Waals surface area contributed by atoms with E-state index in [1.807, 2.05) is 0 Å². The van der Waals surface area contributed by atoms with Crippen LogP contribution < -0.4 is 10.6 Å². The van der Waals surface area contributed by atoms with Gasteiger partial charge in [0.2, 0.25) is 5.91 Å². The summed E-state index contributed by atoms with van der Waals surface area (Å²) in [5.74, 6) is 0.943. The Morgan fingerprint density at radius 2 is 2.31 bits per heavy atom. The van der Waals surface area contributed by atoms with E-state index >= 15 is 0 Å². The van der Waals surface area contributed by atoms with Gasteiger partial charge in [-0.1, -0.05) is 12.8 Å². The van der Waals surface area contributed by atoms with E-state index in [9.17, 15) is 4.79 Å². The number of halogens is 1. The van der Waals surface area contributed by atoms with Crippen LogP contribution in [0, 0.1) is 5.92 Å². The maximum atomic E-state index is 11.8. The summed E-state index contributed by atoms with van der Waals surface area (Å²) in [4.78, 5) is 11.8. The van der Waals surface area contributed by atoms with Crippen LogP contribution >= 0.6 is 12.4 Å². The predicted molar refractivity (Wildman–Crippen MR) is 64.8 cm³/mol. The largest absolute Gasteiger partial charge is 0.378 e. The van der Waals surface area contributed by atoms with Gasteiger partial charge in [-0.2, -0.15) is 0 Å². The lowest BCUT2D eigenvalue weighted by molar-refractivity contribution is -0.126. The molecule has 5 heteroatoms. The van der Waals surface area contributed by atoms with E-state index in [2.05, 4.69) is 17.6 Å². The lowest BCUT2D eigenvalue weighted by Crippen LogP contribution is -2.52. The van der Waals surface area contributed by atoms with Gasteiger partial charge in [0, 0.05) is 12.6 Å². The molecule has 1 aliphatic heterocycles. The van der Waals surface area contributed by atoms with E-state index in [-0.39, 0.29) is 24.4 Å². The highest BCUT2D eigenvalue weighted by atomic mass is 35.5. The summed E-state index contributed by atoms with van der Waals surface area (Å²) in [6.07, 6.45) is 3.80. The lowest BCUT2D eigenvalue weighted by Gasteiger charge is -2.24. The number of hydrogen-bond donors (Lipinski definition) is 2. The quantitative estimate of drug-likeness (QED) is 0.770. The molecule has 4 nitrogen and oxygen atoms in total. The van der Waals surface area contributed by atoms with Crippen LogP contribution in [0.4, 0.5) is 0 Å². The van der Waals surface area contributed by atoms with E-state index in [1.165, 1.54) is 12.8 Å². The maximum Gasteiger partial charge on any atom is 0.239 e. The van der Waals surface area contributed by atoms with Crippen molar-refractivity contribution in [3.05, 3.63) is 0 Å². The van der Waals surface area contributed by atoms with Crippen LogP contribution in [-0.2, 0) is 9.53 Å². The zero-order valence-corrected chi connectivity index (χ0v) is 10.5. The zero-order valence-electron chi connectivity index (χ0n) is 9.70. The Morgan fingerprint density at radius 1 is 1.56 bits per heavy atom. The summed E-state index contributed by atoms with van der Waals surface area (Å²) in [6.45, 7) is 4.07. The second-order valence-corrected chi connectivity index (χ2v) is 4.67. The Balaban J connectivity index is 0.00000128. The Labute approximate surface area is 103 Å².